The van der Waals surface area contributed by atoms with Gasteiger partial charge in [-0.15, -0.1) is 0 Å². The van der Waals surface area contributed by atoms with Gasteiger partial charge in [-0.25, -0.2) is 9.80 Å². The monoisotopic (exact) mass is 300 g/mol. The molecule has 0 aromatic heterocycles. The minimum Gasteiger partial charge on any atom is -0.478 e. The van der Waals surface area contributed by atoms with Crippen LogP contribution >= 0.6 is 15.9 Å². The van der Waals surface area contributed by atoms with Gasteiger partial charge in [-0.3, -0.25) is 0 Å². The largest absolute Gasteiger partial charge is 0.478 e. The number of morpholine rings is 1. The molecule has 0 bridgehead atoms. The summed E-state index contributed by atoms with van der Waals surface area (Å²) in [5.41, 5.74) is 3.95. The molecule has 1 heterocycles. The summed E-state index contributed by atoms with van der Waals surface area (Å²) in [5, 5.41) is 11.1. The summed E-state index contributed by atoms with van der Waals surface area (Å²) < 4.78 is 5.80. The van der Waals surface area contributed by atoms with Crippen molar-refractivity contribution in [3.05, 3.63) is 28.2 Å². The quantitative estimate of drug-likeness (QED) is 0.891. The lowest BCUT2D eigenvalue weighted by Gasteiger charge is -2.28. The molecular formula is C11H13BrN2O3. The Morgan fingerprint density at radius 3 is 2.76 bits per heavy atom. The molecule has 1 fully saturated rings. The van der Waals surface area contributed by atoms with Crippen LogP contribution in [0.3, 0.4) is 0 Å². The Bertz CT molecular complexity index is 419. The molecule has 1 aromatic carbocycles. The van der Waals surface area contributed by atoms with Crippen LogP contribution in [0.25, 0.3) is 0 Å². The molecule has 0 amide bonds. The van der Waals surface area contributed by atoms with E-state index in [1.165, 1.54) is 0 Å². The van der Waals surface area contributed by atoms with Crippen molar-refractivity contribution in [1.29, 1.82) is 0 Å². The highest BCUT2D eigenvalue weighted by Gasteiger charge is 2.17. The number of nitrogens with zero attached hydrogens (tertiary/aromatic N) is 1. The van der Waals surface area contributed by atoms with Gasteiger partial charge in [-0.2, -0.15) is 0 Å². The number of ether oxygens (including phenoxy) is 1. The van der Waals surface area contributed by atoms with E-state index < -0.39 is 5.97 Å². The van der Waals surface area contributed by atoms with E-state index in [9.17, 15) is 4.79 Å². The number of rotatable bonds is 3. The molecular weight excluding hydrogens is 288 g/mol. The Labute approximate surface area is 107 Å². The van der Waals surface area contributed by atoms with Crippen molar-refractivity contribution in [2.75, 3.05) is 31.7 Å². The van der Waals surface area contributed by atoms with Gasteiger partial charge < -0.3 is 15.3 Å². The molecule has 1 aromatic rings. The Kier molecular flexibility index (Phi) is 3.98. The van der Waals surface area contributed by atoms with Gasteiger partial charge in [0.1, 0.15) is 0 Å². The lowest BCUT2D eigenvalue weighted by atomic mass is 10.2. The highest BCUT2D eigenvalue weighted by Crippen LogP contribution is 2.25. The van der Waals surface area contributed by atoms with Crippen molar-refractivity contribution in [3.63, 3.8) is 0 Å². The van der Waals surface area contributed by atoms with Gasteiger partial charge in [-0.1, -0.05) is 6.07 Å². The van der Waals surface area contributed by atoms with E-state index in [1.54, 1.807) is 18.2 Å². The molecule has 5 nitrogen and oxygen atoms in total. The Balaban J connectivity index is 2.19. The minimum atomic E-state index is -0.951. The first-order valence-corrected chi connectivity index (χ1v) is 6.09. The fourth-order valence-electron chi connectivity index (χ4n) is 1.68. The molecule has 0 radical (unpaired) electrons. The van der Waals surface area contributed by atoms with Crippen molar-refractivity contribution >= 4 is 27.6 Å². The second-order valence-electron chi connectivity index (χ2n) is 3.68. The van der Waals surface area contributed by atoms with Gasteiger partial charge in [-0.05, 0) is 28.1 Å². The SMILES string of the molecule is O=C(O)c1c(Br)cccc1NN1CCOCC1. The van der Waals surface area contributed by atoms with Gasteiger partial charge >= 0.3 is 5.97 Å². The normalized spacial score (nSPS) is 16.8. The van der Waals surface area contributed by atoms with E-state index in [-0.39, 0.29) is 5.56 Å². The molecule has 0 saturated carbocycles. The van der Waals surface area contributed by atoms with Crippen molar-refractivity contribution in [2.45, 2.75) is 0 Å². The highest BCUT2D eigenvalue weighted by atomic mass is 79.9. The number of hydrogen-bond donors (Lipinski definition) is 2. The molecule has 6 heteroatoms. The van der Waals surface area contributed by atoms with E-state index in [2.05, 4.69) is 21.4 Å². The summed E-state index contributed by atoms with van der Waals surface area (Å²) in [6, 6.07) is 5.27. The molecule has 2 rings (SSSR count). The highest BCUT2D eigenvalue weighted by molar-refractivity contribution is 9.10. The van der Waals surface area contributed by atoms with Gasteiger partial charge in [0.2, 0.25) is 0 Å². The van der Waals surface area contributed by atoms with E-state index in [1.807, 2.05) is 5.01 Å². The average molecular weight is 301 g/mol. The molecule has 92 valence electrons. The van der Waals surface area contributed by atoms with E-state index >= 15 is 0 Å². The summed E-state index contributed by atoms with van der Waals surface area (Å²) in [6.45, 7) is 2.80. The summed E-state index contributed by atoms with van der Waals surface area (Å²) in [5.74, 6) is -0.951. The van der Waals surface area contributed by atoms with Crippen molar-refractivity contribution < 1.29 is 14.6 Å². The predicted octanol–water partition coefficient (Wildman–Crippen LogP) is 1.81. The zero-order chi connectivity index (χ0) is 12.3. The third-order valence-corrected chi connectivity index (χ3v) is 3.18. The summed E-state index contributed by atoms with van der Waals surface area (Å²) in [4.78, 5) is 11.2. The molecule has 1 aliphatic rings. The number of carbonyl (C=O) groups is 1. The van der Waals surface area contributed by atoms with E-state index in [4.69, 9.17) is 9.84 Å². The molecule has 2 N–H and O–H groups in total. The summed E-state index contributed by atoms with van der Waals surface area (Å²) in [6.07, 6.45) is 0. The van der Waals surface area contributed by atoms with Crippen LogP contribution in [0, 0.1) is 0 Å². The molecule has 1 saturated heterocycles. The van der Waals surface area contributed by atoms with Crippen LogP contribution in [-0.4, -0.2) is 42.4 Å². The van der Waals surface area contributed by atoms with Crippen molar-refractivity contribution in [3.8, 4) is 0 Å². The molecule has 0 atom stereocenters. The molecule has 0 aliphatic carbocycles. The van der Waals surface area contributed by atoms with E-state index in [0.717, 1.165) is 13.1 Å². The first-order chi connectivity index (χ1) is 8.18. The first-order valence-electron chi connectivity index (χ1n) is 5.29. The van der Waals surface area contributed by atoms with Crippen LogP contribution in [-0.2, 0) is 4.74 Å². The van der Waals surface area contributed by atoms with Gasteiger partial charge in [0, 0.05) is 17.6 Å². The third-order valence-electron chi connectivity index (χ3n) is 2.52. The number of anilines is 1. The standard InChI is InChI=1S/C11H13BrN2O3/c12-8-2-1-3-9(10(8)11(15)16)13-14-4-6-17-7-5-14/h1-3,13H,4-7H2,(H,15,16). The fraction of sp³-hybridized carbons (Fsp3) is 0.364. The second-order valence-corrected chi connectivity index (χ2v) is 4.53. The molecule has 17 heavy (non-hydrogen) atoms. The summed E-state index contributed by atoms with van der Waals surface area (Å²) in [7, 11) is 0. The Morgan fingerprint density at radius 1 is 1.41 bits per heavy atom. The van der Waals surface area contributed by atoms with Crippen LogP contribution in [0.2, 0.25) is 0 Å². The van der Waals surface area contributed by atoms with Crippen molar-refractivity contribution in [2.24, 2.45) is 0 Å². The fourth-order valence-corrected chi connectivity index (χ4v) is 2.22. The number of hydrogen-bond acceptors (Lipinski definition) is 4. The van der Waals surface area contributed by atoms with Gasteiger partial charge in [0.15, 0.2) is 0 Å². The number of halogens is 1. The molecule has 0 unspecified atom stereocenters. The van der Waals surface area contributed by atoms with Gasteiger partial charge in [0.25, 0.3) is 0 Å². The predicted molar refractivity (Wildman–Crippen MR) is 67.1 cm³/mol. The van der Waals surface area contributed by atoms with Crippen LogP contribution in [0.15, 0.2) is 22.7 Å². The van der Waals surface area contributed by atoms with Crippen LogP contribution in [0.5, 0.6) is 0 Å². The lowest BCUT2D eigenvalue weighted by molar-refractivity contribution is 0.0495. The van der Waals surface area contributed by atoms with E-state index in [0.29, 0.717) is 23.4 Å². The average Bonchev–Trinajstić information content (AvgIpc) is 2.30. The molecule has 0 spiro atoms. The van der Waals surface area contributed by atoms with Crippen molar-refractivity contribution in [1.82, 2.24) is 5.01 Å². The number of aromatic carboxylic acids is 1. The Hall–Kier alpha value is -1.11. The Morgan fingerprint density at radius 2 is 2.12 bits per heavy atom. The second kappa shape index (κ2) is 5.48. The summed E-state index contributed by atoms with van der Waals surface area (Å²) >= 11 is 3.25. The maximum atomic E-state index is 11.2. The number of benzene rings is 1. The molecule has 1 aliphatic heterocycles. The van der Waals surface area contributed by atoms with Crippen LogP contribution in [0.1, 0.15) is 10.4 Å². The topological polar surface area (TPSA) is 61.8 Å². The number of nitrogens with one attached hydrogen (secondary N) is 1. The first kappa shape index (κ1) is 12.3. The van der Waals surface area contributed by atoms with Crippen LogP contribution in [0.4, 0.5) is 5.69 Å². The number of hydrazine groups is 1. The van der Waals surface area contributed by atoms with Gasteiger partial charge in [0.05, 0.1) is 24.5 Å². The van der Waals surface area contributed by atoms with Crippen LogP contribution < -0.4 is 5.43 Å². The smallest absolute Gasteiger partial charge is 0.339 e. The third kappa shape index (κ3) is 2.96. The minimum absolute atomic E-state index is 0.249. The zero-order valence-corrected chi connectivity index (χ0v) is 10.7. The number of carboxylic acid groups (broad SMARTS) is 1. The zero-order valence-electron chi connectivity index (χ0n) is 9.15. The lowest BCUT2D eigenvalue weighted by Crippen LogP contribution is -2.40. The number of carboxylic acids is 1. The maximum Gasteiger partial charge on any atom is 0.339 e. The maximum absolute atomic E-state index is 11.2.